The van der Waals surface area contributed by atoms with Gasteiger partial charge in [-0.2, -0.15) is 0 Å². The van der Waals surface area contributed by atoms with Crippen LogP contribution >= 0.6 is 39.9 Å². The number of likely N-dealkylation sites (tertiary alicyclic amines) is 1. The maximum Gasteiger partial charge on any atom is 0.231 e. The molecular weight excluding hydrogens is 497 g/mol. The number of rotatable bonds is 6. The number of nitrogens with two attached hydrogens (primary N) is 1. The van der Waals surface area contributed by atoms with E-state index in [1.54, 1.807) is 0 Å². The minimum atomic E-state index is -0.259. The van der Waals surface area contributed by atoms with Gasteiger partial charge in [-0.25, -0.2) is 4.99 Å². The first-order chi connectivity index (χ1) is 11.6. The number of hydrogen-bond donors (Lipinski definition) is 3. The molecule has 0 aromatic heterocycles. The molecule has 140 valence electrons. The van der Waals surface area contributed by atoms with Crippen LogP contribution in [0.5, 0.6) is 0 Å². The standard InChI is InChI=1S/C17H26BrN5O.HI/c1-2-20-17(21-11-13-3-5-14(18)6-4-13)22-15-7-9-23(10-8-15)12-16(19)24;/h3-6,15H,2,7-12H2,1H3,(H2,19,24)(H2,20,21,22);1H. The highest BCUT2D eigenvalue weighted by Crippen LogP contribution is 2.12. The average molecular weight is 524 g/mol. The lowest BCUT2D eigenvalue weighted by molar-refractivity contribution is -0.119. The van der Waals surface area contributed by atoms with Gasteiger partial charge in [0.25, 0.3) is 0 Å². The molecule has 0 aliphatic carbocycles. The summed E-state index contributed by atoms with van der Waals surface area (Å²) in [4.78, 5) is 17.8. The van der Waals surface area contributed by atoms with Crippen molar-refractivity contribution in [3.63, 3.8) is 0 Å². The topological polar surface area (TPSA) is 82.8 Å². The van der Waals surface area contributed by atoms with E-state index in [0.717, 1.165) is 42.9 Å². The van der Waals surface area contributed by atoms with Gasteiger partial charge in [0.2, 0.25) is 5.91 Å². The molecule has 1 saturated heterocycles. The van der Waals surface area contributed by atoms with Crippen molar-refractivity contribution in [3.05, 3.63) is 34.3 Å². The van der Waals surface area contributed by atoms with Crippen LogP contribution < -0.4 is 16.4 Å². The smallest absolute Gasteiger partial charge is 0.231 e. The van der Waals surface area contributed by atoms with E-state index >= 15 is 0 Å². The fourth-order valence-electron chi connectivity index (χ4n) is 2.73. The predicted molar refractivity (Wildman–Crippen MR) is 116 cm³/mol. The number of hydrogen-bond acceptors (Lipinski definition) is 3. The lowest BCUT2D eigenvalue weighted by Gasteiger charge is -2.32. The van der Waals surface area contributed by atoms with Crippen LogP contribution in [-0.2, 0) is 11.3 Å². The largest absolute Gasteiger partial charge is 0.369 e. The van der Waals surface area contributed by atoms with Gasteiger partial charge < -0.3 is 16.4 Å². The van der Waals surface area contributed by atoms with Crippen LogP contribution in [0.25, 0.3) is 0 Å². The number of guanidine groups is 1. The van der Waals surface area contributed by atoms with Gasteiger partial charge in [-0.05, 0) is 37.5 Å². The third kappa shape index (κ3) is 8.37. The first kappa shape index (κ1) is 22.2. The van der Waals surface area contributed by atoms with Crippen molar-refractivity contribution in [1.29, 1.82) is 0 Å². The number of carbonyl (C=O) groups is 1. The second-order valence-corrected chi connectivity index (χ2v) is 6.90. The summed E-state index contributed by atoms with van der Waals surface area (Å²) >= 11 is 3.44. The monoisotopic (exact) mass is 523 g/mol. The maximum absolute atomic E-state index is 11.0. The molecule has 0 bridgehead atoms. The van der Waals surface area contributed by atoms with Crippen molar-refractivity contribution in [2.75, 3.05) is 26.2 Å². The van der Waals surface area contributed by atoms with Crippen molar-refractivity contribution in [1.82, 2.24) is 15.5 Å². The highest BCUT2D eigenvalue weighted by molar-refractivity contribution is 14.0. The molecule has 0 radical (unpaired) electrons. The molecule has 0 unspecified atom stereocenters. The van der Waals surface area contributed by atoms with Crippen LogP contribution in [0.15, 0.2) is 33.7 Å². The molecule has 1 aromatic rings. The Kier molecular flexibility index (Phi) is 10.4. The van der Waals surface area contributed by atoms with Gasteiger partial charge in [-0.15, -0.1) is 24.0 Å². The zero-order chi connectivity index (χ0) is 17.4. The first-order valence-corrected chi connectivity index (χ1v) is 9.16. The summed E-state index contributed by atoms with van der Waals surface area (Å²) in [6, 6.07) is 8.56. The molecule has 0 atom stereocenters. The first-order valence-electron chi connectivity index (χ1n) is 8.36. The molecule has 6 nitrogen and oxygen atoms in total. The van der Waals surface area contributed by atoms with E-state index < -0.39 is 0 Å². The van der Waals surface area contributed by atoms with Gasteiger partial charge >= 0.3 is 0 Å². The number of aliphatic imine (C=N–C) groups is 1. The van der Waals surface area contributed by atoms with Gasteiger partial charge in [0.15, 0.2) is 5.96 Å². The zero-order valence-corrected chi connectivity index (χ0v) is 18.4. The van der Waals surface area contributed by atoms with E-state index in [1.807, 2.05) is 12.1 Å². The molecule has 4 N–H and O–H groups in total. The number of carbonyl (C=O) groups excluding carboxylic acids is 1. The Morgan fingerprint density at radius 1 is 1.32 bits per heavy atom. The molecule has 0 saturated carbocycles. The van der Waals surface area contributed by atoms with Crippen molar-refractivity contribution in [3.8, 4) is 0 Å². The van der Waals surface area contributed by atoms with Gasteiger partial charge in [0.1, 0.15) is 0 Å². The molecule has 1 aliphatic heterocycles. The van der Waals surface area contributed by atoms with E-state index in [1.165, 1.54) is 5.56 Å². The van der Waals surface area contributed by atoms with Crippen molar-refractivity contribution in [2.45, 2.75) is 32.4 Å². The van der Waals surface area contributed by atoms with Crippen LogP contribution in [0.1, 0.15) is 25.3 Å². The maximum atomic E-state index is 11.0. The highest BCUT2D eigenvalue weighted by atomic mass is 127. The molecule has 1 aromatic carbocycles. The Labute approximate surface area is 175 Å². The van der Waals surface area contributed by atoms with Gasteiger partial charge in [0.05, 0.1) is 13.1 Å². The lowest BCUT2D eigenvalue weighted by Crippen LogP contribution is -2.49. The summed E-state index contributed by atoms with van der Waals surface area (Å²) in [5.41, 5.74) is 6.43. The Balaban J connectivity index is 0.00000312. The van der Waals surface area contributed by atoms with E-state index in [-0.39, 0.29) is 29.9 Å². The third-order valence-electron chi connectivity index (χ3n) is 3.99. The zero-order valence-electron chi connectivity index (χ0n) is 14.5. The number of piperidine rings is 1. The SMILES string of the molecule is CCNC(=NCc1ccc(Br)cc1)NC1CCN(CC(N)=O)CC1.I. The Morgan fingerprint density at radius 3 is 2.52 bits per heavy atom. The summed E-state index contributed by atoms with van der Waals surface area (Å²) in [7, 11) is 0. The fourth-order valence-corrected chi connectivity index (χ4v) is 2.99. The fraction of sp³-hybridized carbons (Fsp3) is 0.529. The Hall–Kier alpha value is -0.870. The number of nitrogens with zero attached hydrogens (tertiary/aromatic N) is 2. The van der Waals surface area contributed by atoms with Crippen LogP contribution in [0, 0.1) is 0 Å². The molecular formula is C17H27BrIN5O. The van der Waals surface area contributed by atoms with Crippen molar-refractivity contribution < 1.29 is 4.79 Å². The van der Waals surface area contributed by atoms with Crippen molar-refractivity contribution >= 4 is 51.8 Å². The number of benzene rings is 1. The van der Waals surface area contributed by atoms with Crippen LogP contribution in [0.3, 0.4) is 0 Å². The average Bonchev–Trinajstić information content (AvgIpc) is 2.55. The number of amides is 1. The van der Waals surface area contributed by atoms with Crippen LogP contribution in [-0.4, -0.2) is 49.0 Å². The molecule has 1 fully saturated rings. The minimum absolute atomic E-state index is 0. The van der Waals surface area contributed by atoms with Gasteiger partial charge in [0, 0.05) is 30.1 Å². The lowest BCUT2D eigenvalue weighted by atomic mass is 10.1. The normalized spacial score (nSPS) is 16.2. The number of primary amides is 1. The second kappa shape index (κ2) is 11.7. The summed E-state index contributed by atoms with van der Waals surface area (Å²) < 4.78 is 1.07. The molecule has 0 spiro atoms. The quantitative estimate of drug-likeness (QED) is 0.303. The number of halogens is 2. The minimum Gasteiger partial charge on any atom is -0.369 e. The molecule has 2 rings (SSSR count). The summed E-state index contributed by atoms with van der Waals surface area (Å²) in [5, 5.41) is 6.80. The van der Waals surface area contributed by atoms with E-state index in [2.05, 4.69) is 55.5 Å². The van der Waals surface area contributed by atoms with Gasteiger partial charge in [-0.3, -0.25) is 9.69 Å². The Morgan fingerprint density at radius 2 is 1.96 bits per heavy atom. The van der Waals surface area contributed by atoms with Crippen molar-refractivity contribution in [2.24, 2.45) is 10.7 Å². The van der Waals surface area contributed by atoms with E-state index in [0.29, 0.717) is 19.1 Å². The van der Waals surface area contributed by atoms with E-state index in [4.69, 9.17) is 5.73 Å². The van der Waals surface area contributed by atoms with Crippen LogP contribution in [0.4, 0.5) is 0 Å². The molecule has 25 heavy (non-hydrogen) atoms. The molecule has 1 amide bonds. The number of nitrogens with one attached hydrogen (secondary N) is 2. The second-order valence-electron chi connectivity index (χ2n) is 5.98. The third-order valence-corrected chi connectivity index (χ3v) is 4.51. The summed E-state index contributed by atoms with van der Waals surface area (Å²) in [6.45, 7) is 5.64. The molecule has 1 aliphatic rings. The van der Waals surface area contributed by atoms with Gasteiger partial charge in [-0.1, -0.05) is 28.1 Å². The summed E-state index contributed by atoms with van der Waals surface area (Å²) in [5.74, 6) is 0.583. The predicted octanol–water partition coefficient (Wildman–Crippen LogP) is 2.07. The van der Waals surface area contributed by atoms with Crippen LogP contribution in [0.2, 0.25) is 0 Å². The van der Waals surface area contributed by atoms with E-state index in [9.17, 15) is 4.79 Å². The summed E-state index contributed by atoms with van der Waals surface area (Å²) in [6.07, 6.45) is 1.96. The molecule has 1 heterocycles. The highest BCUT2D eigenvalue weighted by Gasteiger charge is 2.20. The molecule has 8 heteroatoms. The Bertz CT molecular complexity index is 559.